The Hall–Kier alpha value is -2.32. The minimum atomic E-state index is 0.0317. The van der Waals surface area contributed by atoms with E-state index in [-0.39, 0.29) is 6.61 Å². The Kier molecular flexibility index (Phi) is 4.40. The summed E-state index contributed by atoms with van der Waals surface area (Å²) in [5.41, 5.74) is 2.69. The van der Waals surface area contributed by atoms with Crippen LogP contribution in [0.25, 0.3) is 11.3 Å². The zero-order valence-electron chi connectivity index (χ0n) is 12.1. The first kappa shape index (κ1) is 14.6. The molecule has 0 aliphatic rings. The van der Waals surface area contributed by atoms with Crippen LogP contribution in [0.1, 0.15) is 10.6 Å². The molecule has 0 aromatic carbocycles. The van der Waals surface area contributed by atoms with E-state index in [1.165, 1.54) is 11.5 Å². The largest absolute Gasteiger partial charge is 0.394 e. The molecule has 3 aromatic heterocycles. The molecule has 3 aromatic rings. The second-order valence-corrected chi connectivity index (χ2v) is 5.58. The van der Waals surface area contributed by atoms with Crippen LogP contribution in [0, 0.1) is 6.92 Å². The Morgan fingerprint density at radius 3 is 3.00 bits per heavy atom. The Morgan fingerprint density at radius 2 is 2.32 bits per heavy atom. The van der Waals surface area contributed by atoms with E-state index < -0.39 is 0 Å². The first-order valence-electron chi connectivity index (χ1n) is 6.88. The summed E-state index contributed by atoms with van der Waals surface area (Å²) in [7, 11) is 0. The minimum Gasteiger partial charge on any atom is -0.394 e. The van der Waals surface area contributed by atoms with Gasteiger partial charge in [0, 0.05) is 24.0 Å². The maximum absolute atomic E-state index is 9.20. The number of hydrogen-bond acceptors (Lipinski definition) is 7. The molecule has 0 aliphatic heterocycles. The van der Waals surface area contributed by atoms with Crippen molar-refractivity contribution in [3.63, 3.8) is 0 Å². The lowest BCUT2D eigenvalue weighted by Gasteiger charge is -2.07. The molecule has 114 valence electrons. The van der Waals surface area contributed by atoms with Crippen molar-refractivity contribution in [2.45, 2.75) is 20.0 Å². The third-order valence-electron chi connectivity index (χ3n) is 3.22. The van der Waals surface area contributed by atoms with Crippen LogP contribution in [-0.4, -0.2) is 36.1 Å². The summed E-state index contributed by atoms with van der Waals surface area (Å²) < 4.78 is 5.68. The fourth-order valence-electron chi connectivity index (χ4n) is 2.06. The number of aryl methyl sites for hydroxylation is 1. The topological polar surface area (TPSA) is 88.8 Å². The predicted molar refractivity (Wildman–Crippen MR) is 84.5 cm³/mol. The highest BCUT2D eigenvalue weighted by molar-refractivity contribution is 7.05. The van der Waals surface area contributed by atoms with Crippen molar-refractivity contribution in [2.24, 2.45) is 0 Å². The summed E-state index contributed by atoms with van der Waals surface area (Å²) >= 11 is 1.38. The van der Waals surface area contributed by atoms with Gasteiger partial charge in [-0.05, 0) is 30.6 Å². The second-order valence-electron chi connectivity index (χ2n) is 4.74. The van der Waals surface area contributed by atoms with Crippen LogP contribution < -0.4 is 5.32 Å². The lowest BCUT2D eigenvalue weighted by Crippen LogP contribution is -2.10. The van der Waals surface area contributed by atoms with E-state index in [4.69, 9.17) is 0 Å². The summed E-state index contributed by atoms with van der Waals surface area (Å²) in [6.45, 7) is 3.03. The second kappa shape index (κ2) is 6.63. The third kappa shape index (κ3) is 3.12. The van der Waals surface area contributed by atoms with E-state index in [0.717, 1.165) is 27.6 Å². The Morgan fingerprint density at radius 1 is 1.41 bits per heavy atom. The van der Waals surface area contributed by atoms with Crippen LogP contribution in [0.4, 0.5) is 5.82 Å². The van der Waals surface area contributed by atoms with Gasteiger partial charge in [-0.3, -0.25) is 4.98 Å². The van der Waals surface area contributed by atoms with E-state index in [0.29, 0.717) is 13.1 Å². The molecule has 0 amide bonds. The smallest absolute Gasteiger partial charge is 0.125 e. The number of anilines is 1. The van der Waals surface area contributed by atoms with E-state index >= 15 is 0 Å². The first-order valence-corrected chi connectivity index (χ1v) is 7.66. The van der Waals surface area contributed by atoms with Gasteiger partial charge in [0.1, 0.15) is 5.82 Å². The van der Waals surface area contributed by atoms with Gasteiger partial charge in [-0.1, -0.05) is 4.49 Å². The maximum Gasteiger partial charge on any atom is 0.125 e. The third-order valence-corrected chi connectivity index (χ3v) is 4.05. The Balaban J connectivity index is 1.83. The molecule has 0 radical (unpaired) electrons. The van der Waals surface area contributed by atoms with Gasteiger partial charge in [0.2, 0.25) is 0 Å². The summed E-state index contributed by atoms with van der Waals surface area (Å²) in [5, 5.41) is 21.0. The van der Waals surface area contributed by atoms with Gasteiger partial charge in [-0.25, -0.2) is 4.68 Å². The van der Waals surface area contributed by atoms with Gasteiger partial charge in [-0.15, -0.1) is 5.10 Å². The van der Waals surface area contributed by atoms with Crippen molar-refractivity contribution in [2.75, 3.05) is 11.9 Å². The molecule has 0 spiro atoms. The Labute approximate surface area is 131 Å². The van der Waals surface area contributed by atoms with Crippen LogP contribution in [-0.2, 0) is 13.1 Å². The maximum atomic E-state index is 9.20. The fraction of sp³-hybridized carbons (Fsp3) is 0.286. The molecule has 3 rings (SSSR count). The van der Waals surface area contributed by atoms with Gasteiger partial charge in [-0.2, -0.15) is 5.10 Å². The van der Waals surface area contributed by atoms with Gasteiger partial charge >= 0.3 is 0 Å². The van der Waals surface area contributed by atoms with Crippen LogP contribution in [0.3, 0.4) is 0 Å². The first-order chi connectivity index (χ1) is 10.8. The van der Waals surface area contributed by atoms with E-state index in [1.807, 2.05) is 25.1 Å². The molecule has 3 heterocycles. The summed E-state index contributed by atoms with van der Waals surface area (Å²) in [4.78, 5) is 5.19. The molecule has 22 heavy (non-hydrogen) atoms. The van der Waals surface area contributed by atoms with E-state index in [2.05, 4.69) is 25.0 Å². The zero-order valence-corrected chi connectivity index (χ0v) is 12.9. The number of hydrogen-bond donors (Lipinski definition) is 2. The van der Waals surface area contributed by atoms with Crippen molar-refractivity contribution >= 4 is 17.4 Å². The number of aromatic nitrogens is 5. The Bertz CT molecular complexity index is 739. The molecule has 0 saturated carbocycles. The van der Waals surface area contributed by atoms with Crippen LogP contribution in [0.2, 0.25) is 0 Å². The normalized spacial score (nSPS) is 10.8. The summed E-state index contributed by atoms with van der Waals surface area (Å²) in [5.74, 6) is 0.848. The van der Waals surface area contributed by atoms with Crippen molar-refractivity contribution < 1.29 is 5.11 Å². The highest BCUT2D eigenvalue weighted by Gasteiger charge is 2.10. The van der Waals surface area contributed by atoms with Crippen molar-refractivity contribution in [3.05, 3.63) is 41.2 Å². The molecule has 7 nitrogen and oxygen atoms in total. The monoisotopic (exact) mass is 316 g/mol. The summed E-state index contributed by atoms with van der Waals surface area (Å²) in [6, 6.07) is 5.79. The molecule has 8 heteroatoms. The van der Waals surface area contributed by atoms with Crippen molar-refractivity contribution in [1.82, 2.24) is 24.4 Å². The molecule has 0 saturated heterocycles. The number of aliphatic hydroxyl groups is 1. The lowest BCUT2D eigenvalue weighted by molar-refractivity contribution is 0.270. The van der Waals surface area contributed by atoms with Gasteiger partial charge < -0.3 is 10.4 Å². The average molecular weight is 316 g/mol. The average Bonchev–Trinajstić information content (AvgIpc) is 3.13. The molecular formula is C14H16N6OS. The molecule has 0 fully saturated rings. The zero-order chi connectivity index (χ0) is 15.4. The standard InChI is InChI=1S/C14H16N6OS/c1-10-13(22-19-17-10)9-16-14-7-12(18-20(14)5-6-21)11-3-2-4-15-8-11/h2-4,7-8,16,21H,5-6,9H2,1H3. The predicted octanol–water partition coefficient (Wildman–Crippen LogP) is 1.71. The number of nitrogens with one attached hydrogen (secondary N) is 1. The van der Waals surface area contributed by atoms with E-state index in [1.54, 1.807) is 17.1 Å². The number of pyridine rings is 1. The number of aliphatic hydroxyl groups excluding tert-OH is 1. The van der Waals surface area contributed by atoms with Crippen LogP contribution in [0.5, 0.6) is 0 Å². The fourth-order valence-corrected chi connectivity index (χ4v) is 2.63. The highest BCUT2D eigenvalue weighted by atomic mass is 32.1. The van der Waals surface area contributed by atoms with E-state index in [9.17, 15) is 5.11 Å². The summed E-state index contributed by atoms with van der Waals surface area (Å²) in [6.07, 6.45) is 3.50. The number of nitrogens with zero attached hydrogens (tertiary/aromatic N) is 5. The van der Waals surface area contributed by atoms with Gasteiger partial charge in [0.15, 0.2) is 0 Å². The van der Waals surface area contributed by atoms with Crippen LogP contribution >= 0.6 is 11.5 Å². The molecule has 0 aliphatic carbocycles. The molecule has 0 atom stereocenters. The minimum absolute atomic E-state index is 0.0317. The molecule has 2 N–H and O–H groups in total. The lowest BCUT2D eigenvalue weighted by atomic mass is 10.2. The SMILES string of the molecule is Cc1nnsc1CNc1cc(-c2cccnc2)nn1CCO. The number of rotatable bonds is 6. The van der Waals surface area contributed by atoms with Crippen molar-refractivity contribution in [3.8, 4) is 11.3 Å². The molecular weight excluding hydrogens is 300 g/mol. The quantitative estimate of drug-likeness (QED) is 0.720. The van der Waals surface area contributed by atoms with Gasteiger partial charge in [0.05, 0.1) is 36.0 Å². The van der Waals surface area contributed by atoms with Crippen LogP contribution in [0.15, 0.2) is 30.6 Å². The van der Waals surface area contributed by atoms with Crippen molar-refractivity contribution in [1.29, 1.82) is 0 Å². The molecule has 0 unspecified atom stereocenters. The van der Waals surface area contributed by atoms with Gasteiger partial charge in [0.25, 0.3) is 0 Å². The molecule has 0 bridgehead atoms. The highest BCUT2D eigenvalue weighted by Crippen LogP contribution is 2.22.